The van der Waals surface area contributed by atoms with Crippen molar-refractivity contribution in [2.24, 2.45) is 0 Å². The van der Waals surface area contributed by atoms with E-state index in [-0.39, 0.29) is 5.75 Å². The van der Waals surface area contributed by atoms with Gasteiger partial charge in [0.05, 0.1) is 17.3 Å². The van der Waals surface area contributed by atoms with Crippen molar-refractivity contribution in [2.75, 3.05) is 5.32 Å². The van der Waals surface area contributed by atoms with Gasteiger partial charge >= 0.3 is 0 Å². The summed E-state index contributed by atoms with van der Waals surface area (Å²) < 4.78 is 0. The van der Waals surface area contributed by atoms with Crippen LogP contribution in [0, 0.1) is 0 Å². The van der Waals surface area contributed by atoms with Crippen LogP contribution in [0.2, 0.25) is 5.02 Å². The number of aromatic amines is 1. The van der Waals surface area contributed by atoms with Crippen LogP contribution in [0.5, 0.6) is 5.75 Å². The molecule has 78 valence electrons. The zero-order valence-corrected chi connectivity index (χ0v) is 8.62. The molecule has 1 aromatic heterocycles. The molecule has 0 aliphatic carbocycles. The average Bonchev–Trinajstić information content (AvgIpc) is 2.73. The lowest BCUT2D eigenvalue weighted by Gasteiger charge is -2.05. The largest absolute Gasteiger partial charge is 0.506 e. The van der Waals surface area contributed by atoms with Crippen LogP contribution >= 0.6 is 11.6 Å². The quantitative estimate of drug-likeness (QED) is 0.701. The molecule has 2 rings (SSSR count). The van der Waals surface area contributed by atoms with Crippen LogP contribution in [0.1, 0.15) is 5.69 Å². The number of phenolic OH excluding ortho intramolecular Hbond substituents is 1. The third kappa shape index (κ3) is 2.41. The van der Waals surface area contributed by atoms with Gasteiger partial charge in [0.2, 0.25) is 0 Å². The van der Waals surface area contributed by atoms with Crippen LogP contribution in [0.25, 0.3) is 0 Å². The lowest BCUT2D eigenvalue weighted by molar-refractivity contribution is 0.475. The molecule has 0 atom stereocenters. The van der Waals surface area contributed by atoms with Crippen molar-refractivity contribution in [1.82, 2.24) is 10.2 Å². The second kappa shape index (κ2) is 4.23. The highest BCUT2D eigenvalue weighted by Crippen LogP contribution is 2.26. The summed E-state index contributed by atoms with van der Waals surface area (Å²) in [6, 6.07) is 6.87. The first kappa shape index (κ1) is 9.86. The molecule has 0 unspecified atom stereocenters. The molecule has 0 spiro atoms. The average molecular weight is 224 g/mol. The van der Waals surface area contributed by atoms with Crippen LogP contribution in [0.15, 0.2) is 30.5 Å². The van der Waals surface area contributed by atoms with Gasteiger partial charge < -0.3 is 10.4 Å². The van der Waals surface area contributed by atoms with E-state index in [1.807, 2.05) is 6.07 Å². The Hall–Kier alpha value is -1.68. The predicted octanol–water partition coefficient (Wildman–Crippen LogP) is 2.38. The minimum atomic E-state index is 0.0868. The number of nitrogens with one attached hydrogen (secondary N) is 2. The first-order valence-electron chi connectivity index (χ1n) is 4.46. The van der Waals surface area contributed by atoms with Gasteiger partial charge in [0.15, 0.2) is 0 Å². The van der Waals surface area contributed by atoms with E-state index in [0.29, 0.717) is 11.6 Å². The van der Waals surface area contributed by atoms with Gasteiger partial charge in [-0.2, -0.15) is 5.10 Å². The standard InChI is InChI=1S/C10H10ClN3O/c11-9-5-7(1-2-10(9)15)12-6-8-3-4-13-14-8/h1-5,12,15H,6H2,(H,13,14). The Kier molecular flexibility index (Phi) is 2.78. The molecule has 0 aliphatic heterocycles. The third-order valence-corrected chi connectivity index (χ3v) is 2.29. The van der Waals surface area contributed by atoms with Gasteiger partial charge in [0.25, 0.3) is 0 Å². The second-order valence-electron chi connectivity index (χ2n) is 3.10. The van der Waals surface area contributed by atoms with Gasteiger partial charge in [-0.3, -0.25) is 5.10 Å². The summed E-state index contributed by atoms with van der Waals surface area (Å²) in [5, 5.41) is 19.4. The zero-order valence-electron chi connectivity index (χ0n) is 7.87. The molecule has 0 amide bonds. The Morgan fingerprint density at radius 1 is 1.40 bits per heavy atom. The number of H-pyrrole nitrogens is 1. The molecule has 0 aliphatic rings. The maximum absolute atomic E-state index is 9.22. The first-order valence-corrected chi connectivity index (χ1v) is 4.84. The summed E-state index contributed by atoms with van der Waals surface area (Å²) in [7, 11) is 0. The van der Waals surface area contributed by atoms with Gasteiger partial charge in [-0.15, -0.1) is 0 Å². The van der Waals surface area contributed by atoms with E-state index < -0.39 is 0 Å². The van der Waals surface area contributed by atoms with Crippen LogP contribution < -0.4 is 5.32 Å². The number of hydrogen-bond donors (Lipinski definition) is 3. The molecule has 5 heteroatoms. The lowest BCUT2D eigenvalue weighted by Crippen LogP contribution is -1.99. The molecule has 0 saturated heterocycles. The SMILES string of the molecule is Oc1ccc(NCc2ccn[nH]2)cc1Cl. The minimum absolute atomic E-state index is 0.0868. The van der Waals surface area contributed by atoms with Crippen molar-refractivity contribution in [1.29, 1.82) is 0 Å². The molecule has 1 aromatic carbocycles. The van der Waals surface area contributed by atoms with Crippen molar-refractivity contribution in [3.05, 3.63) is 41.2 Å². The van der Waals surface area contributed by atoms with Gasteiger partial charge in [-0.1, -0.05) is 11.6 Å². The Balaban J connectivity index is 2.02. The minimum Gasteiger partial charge on any atom is -0.506 e. The van der Waals surface area contributed by atoms with Gasteiger partial charge in [0, 0.05) is 11.9 Å². The summed E-state index contributed by atoms with van der Waals surface area (Å²) in [5.41, 5.74) is 1.84. The molecule has 0 bridgehead atoms. The molecule has 0 radical (unpaired) electrons. The number of nitrogens with zero attached hydrogens (tertiary/aromatic N) is 1. The molecule has 0 saturated carbocycles. The molecule has 3 N–H and O–H groups in total. The Bertz CT molecular complexity index is 442. The third-order valence-electron chi connectivity index (χ3n) is 1.99. The molecule has 0 fully saturated rings. The fraction of sp³-hybridized carbons (Fsp3) is 0.100. The van der Waals surface area contributed by atoms with Crippen molar-refractivity contribution in [3.63, 3.8) is 0 Å². The number of anilines is 1. The summed E-state index contributed by atoms with van der Waals surface area (Å²) in [6.45, 7) is 0.640. The second-order valence-corrected chi connectivity index (χ2v) is 3.51. The van der Waals surface area contributed by atoms with Gasteiger partial charge in [-0.05, 0) is 24.3 Å². The normalized spacial score (nSPS) is 10.2. The van der Waals surface area contributed by atoms with Crippen molar-refractivity contribution in [3.8, 4) is 5.75 Å². The molecule has 15 heavy (non-hydrogen) atoms. The Morgan fingerprint density at radius 2 is 2.27 bits per heavy atom. The van der Waals surface area contributed by atoms with Gasteiger partial charge in [0.1, 0.15) is 5.75 Å². The van der Waals surface area contributed by atoms with E-state index in [4.69, 9.17) is 11.6 Å². The van der Waals surface area contributed by atoms with E-state index in [0.717, 1.165) is 11.4 Å². The van der Waals surface area contributed by atoms with E-state index in [9.17, 15) is 5.11 Å². The van der Waals surface area contributed by atoms with Crippen LogP contribution in [-0.2, 0) is 6.54 Å². The highest BCUT2D eigenvalue weighted by Gasteiger charge is 1.99. The Morgan fingerprint density at radius 3 is 2.93 bits per heavy atom. The maximum atomic E-state index is 9.22. The Labute approximate surface area is 91.9 Å². The highest BCUT2D eigenvalue weighted by atomic mass is 35.5. The summed E-state index contributed by atoms with van der Waals surface area (Å²) in [4.78, 5) is 0. The fourth-order valence-electron chi connectivity index (χ4n) is 1.20. The summed E-state index contributed by atoms with van der Waals surface area (Å²) in [5.74, 6) is 0.0868. The van der Waals surface area contributed by atoms with E-state index in [2.05, 4.69) is 15.5 Å². The van der Waals surface area contributed by atoms with E-state index in [1.54, 1.807) is 24.4 Å². The molecular formula is C10H10ClN3O. The maximum Gasteiger partial charge on any atom is 0.134 e. The number of phenols is 1. The van der Waals surface area contributed by atoms with E-state index in [1.165, 1.54) is 0 Å². The summed E-state index contributed by atoms with van der Waals surface area (Å²) in [6.07, 6.45) is 1.70. The molecular weight excluding hydrogens is 214 g/mol. The van der Waals surface area contributed by atoms with Gasteiger partial charge in [-0.25, -0.2) is 0 Å². The number of benzene rings is 1. The smallest absolute Gasteiger partial charge is 0.134 e. The number of aromatic hydroxyl groups is 1. The first-order chi connectivity index (χ1) is 7.25. The van der Waals surface area contributed by atoms with Crippen LogP contribution in [0.3, 0.4) is 0 Å². The van der Waals surface area contributed by atoms with Crippen molar-refractivity contribution in [2.45, 2.75) is 6.54 Å². The van der Waals surface area contributed by atoms with E-state index >= 15 is 0 Å². The number of aromatic nitrogens is 2. The van der Waals surface area contributed by atoms with Crippen molar-refractivity contribution >= 4 is 17.3 Å². The highest BCUT2D eigenvalue weighted by molar-refractivity contribution is 6.32. The molecule has 2 aromatic rings. The topological polar surface area (TPSA) is 60.9 Å². The van der Waals surface area contributed by atoms with Crippen molar-refractivity contribution < 1.29 is 5.11 Å². The van der Waals surface area contributed by atoms with Crippen LogP contribution in [0.4, 0.5) is 5.69 Å². The predicted molar refractivity (Wildman–Crippen MR) is 59.0 cm³/mol. The monoisotopic (exact) mass is 223 g/mol. The molecule has 1 heterocycles. The number of hydrogen-bond acceptors (Lipinski definition) is 3. The number of halogens is 1. The fourth-order valence-corrected chi connectivity index (χ4v) is 1.38. The van der Waals surface area contributed by atoms with Crippen LogP contribution in [-0.4, -0.2) is 15.3 Å². The molecule has 4 nitrogen and oxygen atoms in total. The zero-order chi connectivity index (χ0) is 10.7. The lowest BCUT2D eigenvalue weighted by atomic mass is 10.3. The summed E-state index contributed by atoms with van der Waals surface area (Å²) >= 11 is 5.76. The number of rotatable bonds is 3.